The number of hydrogen-bond donors (Lipinski definition) is 0. The van der Waals surface area contributed by atoms with Crippen molar-refractivity contribution in [3.8, 4) is 0 Å². The summed E-state index contributed by atoms with van der Waals surface area (Å²) in [6.07, 6.45) is 91.9. The lowest BCUT2D eigenvalue weighted by molar-refractivity contribution is -0.167. The Morgan fingerprint density at radius 1 is 0.273 bits per heavy atom. The molecule has 0 saturated heterocycles. The summed E-state index contributed by atoms with van der Waals surface area (Å²) in [7, 11) is 0. The number of esters is 3. The number of allylic oxidation sites excluding steroid dienone is 24. The molecular formula is C71H114O6. The SMILES string of the molecule is CC/C=C\C/C=C\C/C=C\C/C=C\C/C=C\C/C=C\CCCCCCCCCCCCCCCCC(=O)OCC(COC(=O)CCCCCCC)OC(=O)CCCC/C=C\C/C=C\C/C=C\C/C=C\C/C=C\C/C=C\CC. The third kappa shape index (κ3) is 62.0. The fourth-order valence-electron chi connectivity index (χ4n) is 8.21. The maximum Gasteiger partial charge on any atom is 0.306 e. The normalized spacial score (nSPS) is 13.1. The van der Waals surface area contributed by atoms with E-state index in [4.69, 9.17) is 14.2 Å². The smallest absolute Gasteiger partial charge is 0.306 e. The van der Waals surface area contributed by atoms with Crippen LogP contribution in [-0.2, 0) is 28.6 Å². The molecule has 0 spiro atoms. The van der Waals surface area contributed by atoms with Gasteiger partial charge in [-0.15, -0.1) is 0 Å². The minimum Gasteiger partial charge on any atom is -0.462 e. The summed E-state index contributed by atoms with van der Waals surface area (Å²) in [5, 5.41) is 0. The summed E-state index contributed by atoms with van der Waals surface area (Å²) in [4.78, 5) is 37.9. The van der Waals surface area contributed by atoms with Crippen LogP contribution >= 0.6 is 0 Å². The second-order valence-electron chi connectivity index (χ2n) is 20.2. The van der Waals surface area contributed by atoms with Crippen molar-refractivity contribution < 1.29 is 28.6 Å². The van der Waals surface area contributed by atoms with Crippen LogP contribution in [0.3, 0.4) is 0 Å². The van der Waals surface area contributed by atoms with Gasteiger partial charge in [0.15, 0.2) is 6.10 Å². The van der Waals surface area contributed by atoms with Crippen molar-refractivity contribution in [1.29, 1.82) is 0 Å². The van der Waals surface area contributed by atoms with E-state index < -0.39 is 6.10 Å². The monoisotopic (exact) mass is 1060 g/mol. The fourth-order valence-corrected chi connectivity index (χ4v) is 8.21. The number of unbranched alkanes of at least 4 members (excludes halogenated alkanes) is 20. The van der Waals surface area contributed by atoms with Gasteiger partial charge in [-0.05, 0) is 122 Å². The van der Waals surface area contributed by atoms with Gasteiger partial charge in [0.25, 0.3) is 0 Å². The first-order valence-corrected chi connectivity index (χ1v) is 31.3. The maximum absolute atomic E-state index is 12.8. The Bertz CT molecular complexity index is 1700. The molecule has 0 bridgehead atoms. The van der Waals surface area contributed by atoms with E-state index in [2.05, 4.69) is 167 Å². The van der Waals surface area contributed by atoms with Gasteiger partial charge in [0.05, 0.1) is 0 Å². The molecule has 0 aromatic heterocycles. The topological polar surface area (TPSA) is 78.9 Å². The van der Waals surface area contributed by atoms with Crippen LogP contribution in [0.1, 0.15) is 265 Å². The van der Waals surface area contributed by atoms with Gasteiger partial charge in [-0.2, -0.15) is 0 Å². The lowest BCUT2D eigenvalue weighted by Gasteiger charge is -2.18. The van der Waals surface area contributed by atoms with Crippen LogP contribution in [0.5, 0.6) is 0 Å². The molecule has 0 aromatic carbocycles. The third-order valence-electron chi connectivity index (χ3n) is 12.8. The van der Waals surface area contributed by atoms with Crippen LogP contribution < -0.4 is 0 Å². The number of rotatable bonds is 55. The molecule has 77 heavy (non-hydrogen) atoms. The van der Waals surface area contributed by atoms with E-state index >= 15 is 0 Å². The van der Waals surface area contributed by atoms with Crippen molar-refractivity contribution in [3.05, 3.63) is 146 Å². The first-order valence-electron chi connectivity index (χ1n) is 31.3. The highest BCUT2D eigenvalue weighted by atomic mass is 16.6. The van der Waals surface area contributed by atoms with Crippen LogP contribution in [0.2, 0.25) is 0 Å². The minimum absolute atomic E-state index is 0.0992. The standard InChI is InChI=1S/C71H114O6/c1-4-7-10-13-15-17-19-21-23-25-27-29-30-31-32-33-34-35-36-37-38-39-40-42-43-45-47-49-51-53-55-58-61-64-70(73)76-67-68(66-75-69(72)63-60-57-12-9-6-3)77-71(74)65-62-59-56-54-52-50-48-46-44-41-28-26-24-22-20-18-16-14-11-8-5-2/h7-8,10-11,15-18,21-24,27-29,31-32,34-35,41,46,48,52,54,68H,4-6,9,12-14,19-20,25-26,30,33,36-40,42-45,47,49-51,53,55-67H2,1-3H3/b10-7-,11-8-,17-15-,18-16-,23-21-,24-22-,29-27-,32-31-,35-34-,41-28-,48-46-,54-52-. The summed E-state index contributed by atoms with van der Waals surface area (Å²) >= 11 is 0. The lowest BCUT2D eigenvalue weighted by Crippen LogP contribution is -2.30. The zero-order valence-electron chi connectivity index (χ0n) is 49.7. The van der Waals surface area contributed by atoms with Crippen molar-refractivity contribution in [1.82, 2.24) is 0 Å². The van der Waals surface area contributed by atoms with Gasteiger partial charge < -0.3 is 14.2 Å². The zero-order valence-corrected chi connectivity index (χ0v) is 49.7. The van der Waals surface area contributed by atoms with Gasteiger partial charge in [0.1, 0.15) is 13.2 Å². The average molecular weight is 1060 g/mol. The van der Waals surface area contributed by atoms with Gasteiger partial charge in [-0.1, -0.05) is 269 Å². The Morgan fingerprint density at radius 3 is 0.818 bits per heavy atom. The number of ether oxygens (including phenoxy) is 3. The average Bonchev–Trinajstić information content (AvgIpc) is 3.43. The molecular weight excluding hydrogens is 949 g/mol. The molecule has 0 aromatic rings. The van der Waals surface area contributed by atoms with Crippen LogP contribution in [0.4, 0.5) is 0 Å². The molecule has 1 atom stereocenters. The van der Waals surface area contributed by atoms with Crippen LogP contribution in [0.15, 0.2) is 146 Å². The van der Waals surface area contributed by atoms with Crippen LogP contribution in [-0.4, -0.2) is 37.2 Å². The van der Waals surface area contributed by atoms with Gasteiger partial charge in [-0.3, -0.25) is 14.4 Å². The van der Waals surface area contributed by atoms with E-state index in [0.29, 0.717) is 19.3 Å². The maximum atomic E-state index is 12.8. The van der Waals surface area contributed by atoms with Crippen molar-refractivity contribution in [2.75, 3.05) is 13.2 Å². The van der Waals surface area contributed by atoms with Gasteiger partial charge in [0.2, 0.25) is 0 Å². The Kier molecular flexibility index (Phi) is 59.9. The molecule has 0 radical (unpaired) electrons. The van der Waals surface area contributed by atoms with Crippen molar-refractivity contribution in [2.24, 2.45) is 0 Å². The predicted octanol–water partition coefficient (Wildman–Crippen LogP) is 21.5. The second kappa shape index (κ2) is 63.8. The molecule has 0 saturated carbocycles. The van der Waals surface area contributed by atoms with E-state index in [9.17, 15) is 14.4 Å². The highest BCUT2D eigenvalue weighted by Crippen LogP contribution is 2.15. The number of hydrogen-bond acceptors (Lipinski definition) is 6. The Labute approximate surface area is 474 Å². The lowest BCUT2D eigenvalue weighted by atomic mass is 10.0. The zero-order chi connectivity index (χ0) is 55.7. The summed E-state index contributed by atoms with van der Waals surface area (Å²) in [5.41, 5.74) is 0. The summed E-state index contributed by atoms with van der Waals surface area (Å²) in [5.74, 6) is -0.960. The van der Waals surface area contributed by atoms with E-state index in [-0.39, 0.29) is 37.5 Å². The van der Waals surface area contributed by atoms with Crippen LogP contribution in [0.25, 0.3) is 0 Å². The molecule has 0 aliphatic heterocycles. The highest BCUT2D eigenvalue weighted by Gasteiger charge is 2.19. The summed E-state index contributed by atoms with van der Waals surface area (Å²) in [6.45, 7) is 6.29. The van der Waals surface area contributed by atoms with E-state index in [1.54, 1.807) is 0 Å². The van der Waals surface area contributed by atoms with Crippen molar-refractivity contribution >= 4 is 17.9 Å². The number of carbonyl (C=O) groups is 3. The van der Waals surface area contributed by atoms with Crippen molar-refractivity contribution in [2.45, 2.75) is 271 Å². The molecule has 6 heteroatoms. The fraction of sp³-hybridized carbons (Fsp3) is 0.620. The summed E-state index contributed by atoms with van der Waals surface area (Å²) < 4.78 is 16.7. The van der Waals surface area contributed by atoms with E-state index in [1.807, 2.05) is 0 Å². The molecule has 0 aliphatic carbocycles. The second-order valence-corrected chi connectivity index (χ2v) is 20.2. The Balaban J connectivity index is 4.09. The third-order valence-corrected chi connectivity index (χ3v) is 12.8. The molecule has 434 valence electrons. The molecule has 0 aliphatic rings. The molecule has 6 nitrogen and oxygen atoms in total. The van der Waals surface area contributed by atoms with E-state index in [0.717, 1.165) is 141 Å². The molecule has 0 amide bonds. The summed E-state index contributed by atoms with van der Waals surface area (Å²) in [6, 6.07) is 0. The van der Waals surface area contributed by atoms with Gasteiger partial charge in [0, 0.05) is 19.3 Å². The number of carbonyl (C=O) groups excluding carboxylic acids is 3. The van der Waals surface area contributed by atoms with Crippen LogP contribution in [0, 0.1) is 0 Å². The highest BCUT2D eigenvalue weighted by molar-refractivity contribution is 5.71. The Hall–Kier alpha value is -4.71. The molecule has 0 rings (SSSR count). The van der Waals surface area contributed by atoms with Gasteiger partial charge in [-0.25, -0.2) is 0 Å². The predicted molar refractivity (Wildman–Crippen MR) is 334 cm³/mol. The first-order chi connectivity index (χ1) is 38.0. The first kappa shape index (κ1) is 72.3. The molecule has 0 heterocycles. The van der Waals surface area contributed by atoms with Crippen molar-refractivity contribution in [3.63, 3.8) is 0 Å². The molecule has 1 unspecified atom stereocenters. The quantitative estimate of drug-likeness (QED) is 0.0261. The molecule has 0 fully saturated rings. The van der Waals surface area contributed by atoms with Gasteiger partial charge >= 0.3 is 17.9 Å². The van der Waals surface area contributed by atoms with E-state index in [1.165, 1.54) is 77.0 Å². The molecule has 0 N–H and O–H groups in total. The largest absolute Gasteiger partial charge is 0.462 e. The Morgan fingerprint density at radius 2 is 0.506 bits per heavy atom. The minimum atomic E-state index is -0.802.